The summed E-state index contributed by atoms with van der Waals surface area (Å²) in [6.07, 6.45) is 0. The lowest BCUT2D eigenvalue weighted by molar-refractivity contribution is 0.0526. The predicted octanol–water partition coefficient (Wildman–Crippen LogP) is 5.62. The number of amides is 1. The second-order valence-corrected chi connectivity index (χ2v) is 8.63. The molecule has 4 aromatic rings. The molecule has 8 heteroatoms. The Morgan fingerprint density at radius 2 is 1.76 bits per heavy atom. The molecule has 5 rings (SSSR count). The van der Waals surface area contributed by atoms with Crippen molar-refractivity contribution in [3.05, 3.63) is 110 Å². The van der Waals surface area contributed by atoms with Crippen molar-refractivity contribution in [3.63, 3.8) is 0 Å². The number of hydrogen-bond acceptors (Lipinski definition) is 5. The summed E-state index contributed by atoms with van der Waals surface area (Å²) in [5.74, 6) is -1.64. The van der Waals surface area contributed by atoms with Crippen LogP contribution in [0.5, 0.6) is 0 Å². The van der Waals surface area contributed by atoms with Gasteiger partial charge in [0, 0.05) is 10.2 Å². The van der Waals surface area contributed by atoms with Gasteiger partial charge < -0.3 is 9.15 Å². The molecule has 0 radical (unpaired) electrons. The first-order valence-corrected chi connectivity index (χ1v) is 11.3. The Bertz CT molecular complexity index is 1500. The molecular weight excluding hydrogens is 505 g/mol. The van der Waals surface area contributed by atoms with Crippen molar-refractivity contribution in [1.29, 1.82) is 0 Å². The van der Waals surface area contributed by atoms with E-state index in [2.05, 4.69) is 15.9 Å². The molecule has 1 aliphatic rings. The summed E-state index contributed by atoms with van der Waals surface area (Å²) in [7, 11) is 0. The summed E-state index contributed by atoms with van der Waals surface area (Å²) in [6, 6.07) is 16.4. The lowest BCUT2D eigenvalue weighted by Crippen LogP contribution is -2.29. The molecule has 0 spiro atoms. The second-order valence-electron chi connectivity index (χ2n) is 7.71. The maximum atomic E-state index is 13.9. The fourth-order valence-corrected chi connectivity index (χ4v) is 4.41. The third kappa shape index (κ3) is 3.60. The molecule has 1 amide bonds. The molecule has 2 heterocycles. The van der Waals surface area contributed by atoms with Gasteiger partial charge in [0.15, 0.2) is 5.43 Å². The number of halogens is 2. The number of ether oxygens (including phenoxy) is 1. The van der Waals surface area contributed by atoms with Crippen molar-refractivity contribution in [2.75, 3.05) is 11.5 Å². The molecule has 0 bridgehead atoms. The van der Waals surface area contributed by atoms with Gasteiger partial charge >= 0.3 is 5.97 Å². The summed E-state index contributed by atoms with van der Waals surface area (Å²) in [6.45, 7) is 1.96. The standard InChI is InChI=1S/C26H17BrFNO5/c1-2-33-26(32)15-5-10-18(11-6-15)29-22(14-3-7-16(27)8-4-14)21-23(30)19-13-17(28)9-12-20(19)34-24(21)25(29)31/h3-13,22H,2H2,1H3. The minimum atomic E-state index is -0.798. The van der Waals surface area contributed by atoms with Gasteiger partial charge in [-0.05, 0) is 67.1 Å². The molecule has 0 saturated carbocycles. The van der Waals surface area contributed by atoms with Crippen LogP contribution in [0.2, 0.25) is 0 Å². The number of carbonyl (C=O) groups is 2. The van der Waals surface area contributed by atoms with E-state index in [-0.39, 0.29) is 28.9 Å². The van der Waals surface area contributed by atoms with Gasteiger partial charge in [-0.25, -0.2) is 9.18 Å². The lowest BCUT2D eigenvalue weighted by atomic mass is 9.98. The molecule has 0 N–H and O–H groups in total. The quantitative estimate of drug-likeness (QED) is 0.325. The highest BCUT2D eigenvalue weighted by Crippen LogP contribution is 2.41. The maximum Gasteiger partial charge on any atom is 0.338 e. The van der Waals surface area contributed by atoms with Crippen LogP contribution in [-0.4, -0.2) is 18.5 Å². The summed E-state index contributed by atoms with van der Waals surface area (Å²) in [5, 5.41) is 0.0631. The van der Waals surface area contributed by atoms with E-state index >= 15 is 0 Å². The Morgan fingerprint density at radius 3 is 2.44 bits per heavy atom. The summed E-state index contributed by atoms with van der Waals surface area (Å²) >= 11 is 3.40. The van der Waals surface area contributed by atoms with E-state index in [9.17, 15) is 18.8 Å². The third-order valence-electron chi connectivity index (χ3n) is 5.67. The van der Waals surface area contributed by atoms with Crippen molar-refractivity contribution in [1.82, 2.24) is 0 Å². The molecule has 0 saturated heterocycles. The predicted molar refractivity (Wildman–Crippen MR) is 128 cm³/mol. The smallest absolute Gasteiger partial charge is 0.338 e. The SMILES string of the molecule is CCOC(=O)c1ccc(N2C(=O)c3oc4ccc(F)cc4c(=O)c3C2c2ccc(Br)cc2)cc1. The molecule has 1 unspecified atom stereocenters. The highest BCUT2D eigenvalue weighted by atomic mass is 79.9. The minimum Gasteiger partial charge on any atom is -0.462 e. The van der Waals surface area contributed by atoms with Gasteiger partial charge in [0.25, 0.3) is 5.91 Å². The molecule has 1 aliphatic heterocycles. The zero-order valence-electron chi connectivity index (χ0n) is 17.9. The van der Waals surface area contributed by atoms with E-state index in [1.807, 2.05) is 12.1 Å². The molecule has 3 aromatic carbocycles. The van der Waals surface area contributed by atoms with Gasteiger partial charge in [-0.3, -0.25) is 14.5 Å². The van der Waals surface area contributed by atoms with Crippen LogP contribution in [0.1, 0.15) is 45.0 Å². The first kappa shape index (κ1) is 22.0. The average molecular weight is 522 g/mol. The fourth-order valence-electron chi connectivity index (χ4n) is 4.14. The Kier molecular flexibility index (Phi) is 5.53. The highest BCUT2D eigenvalue weighted by molar-refractivity contribution is 9.10. The Hall–Kier alpha value is -3.78. The van der Waals surface area contributed by atoms with Crippen molar-refractivity contribution in [2.45, 2.75) is 13.0 Å². The van der Waals surface area contributed by atoms with E-state index < -0.39 is 29.2 Å². The van der Waals surface area contributed by atoms with Gasteiger partial charge in [0.05, 0.1) is 29.2 Å². The van der Waals surface area contributed by atoms with Crippen molar-refractivity contribution >= 4 is 44.5 Å². The molecule has 0 aliphatic carbocycles. The van der Waals surface area contributed by atoms with Crippen LogP contribution >= 0.6 is 15.9 Å². The van der Waals surface area contributed by atoms with Gasteiger partial charge in [-0.15, -0.1) is 0 Å². The lowest BCUT2D eigenvalue weighted by Gasteiger charge is -2.25. The second kappa shape index (κ2) is 8.53. The van der Waals surface area contributed by atoms with Crippen LogP contribution in [0.15, 0.2) is 80.4 Å². The Morgan fingerprint density at radius 1 is 1.06 bits per heavy atom. The van der Waals surface area contributed by atoms with E-state index in [0.717, 1.165) is 10.5 Å². The van der Waals surface area contributed by atoms with E-state index in [1.165, 1.54) is 17.0 Å². The number of anilines is 1. The van der Waals surface area contributed by atoms with Gasteiger partial charge in [-0.2, -0.15) is 0 Å². The van der Waals surface area contributed by atoms with E-state index in [1.54, 1.807) is 43.3 Å². The molecular formula is C26H17BrFNO5. The Balaban J connectivity index is 1.70. The number of benzene rings is 3. The van der Waals surface area contributed by atoms with Gasteiger partial charge in [0.2, 0.25) is 5.76 Å². The number of fused-ring (bicyclic) bond motifs is 2. The number of rotatable bonds is 4. The van der Waals surface area contributed by atoms with Crippen LogP contribution in [0.4, 0.5) is 10.1 Å². The first-order valence-electron chi connectivity index (χ1n) is 10.5. The molecule has 170 valence electrons. The summed E-state index contributed by atoms with van der Waals surface area (Å²) in [5.41, 5.74) is 1.28. The largest absolute Gasteiger partial charge is 0.462 e. The average Bonchev–Trinajstić information content (AvgIpc) is 3.13. The molecule has 1 aromatic heterocycles. The number of nitrogens with zero attached hydrogens (tertiary/aromatic N) is 1. The monoisotopic (exact) mass is 521 g/mol. The van der Waals surface area contributed by atoms with Crippen LogP contribution < -0.4 is 10.3 Å². The zero-order valence-corrected chi connectivity index (χ0v) is 19.5. The summed E-state index contributed by atoms with van der Waals surface area (Å²) in [4.78, 5) is 40.5. The van der Waals surface area contributed by atoms with Crippen LogP contribution in [0.3, 0.4) is 0 Å². The maximum absolute atomic E-state index is 13.9. The van der Waals surface area contributed by atoms with E-state index in [4.69, 9.17) is 9.15 Å². The highest BCUT2D eigenvalue weighted by Gasteiger charge is 2.43. The van der Waals surface area contributed by atoms with Crippen LogP contribution in [0.25, 0.3) is 11.0 Å². The number of esters is 1. The normalized spacial score (nSPS) is 15.0. The van der Waals surface area contributed by atoms with Gasteiger partial charge in [0.1, 0.15) is 11.4 Å². The molecule has 1 atom stereocenters. The summed E-state index contributed by atoms with van der Waals surface area (Å²) < 4.78 is 25.6. The van der Waals surface area contributed by atoms with Crippen molar-refractivity contribution in [2.24, 2.45) is 0 Å². The van der Waals surface area contributed by atoms with Crippen LogP contribution in [0, 0.1) is 5.82 Å². The van der Waals surface area contributed by atoms with Crippen LogP contribution in [-0.2, 0) is 4.74 Å². The first-order chi connectivity index (χ1) is 16.4. The fraction of sp³-hybridized carbons (Fsp3) is 0.115. The zero-order chi connectivity index (χ0) is 24.0. The Labute approximate surface area is 201 Å². The molecule has 6 nitrogen and oxygen atoms in total. The molecule has 0 fully saturated rings. The van der Waals surface area contributed by atoms with Crippen molar-refractivity contribution in [3.8, 4) is 0 Å². The topological polar surface area (TPSA) is 76.8 Å². The number of carbonyl (C=O) groups excluding carboxylic acids is 2. The molecule has 34 heavy (non-hydrogen) atoms. The van der Waals surface area contributed by atoms with Gasteiger partial charge in [-0.1, -0.05) is 28.1 Å². The third-order valence-corrected chi connectivity index (χ3v) is 6.20. The van der Waals surface area contributed by atoms with Crippen molar-refractivity contribution < 1.29 is 23.1 Å². The number of hydrogen-bond donors (Lipinski definition) is 0. The van der Waals surface area contributed by atoms with E-state index in [0.29, 0.717) is 16.8 Å². The minimum absolute atomic E-state index is 0.0631.